The van der Waals surface area contributed by atoms with E-state index in [4.69, 9.17) is 10.7 Å². The number of hydrogen-bond acceptors (Lipinski definition) is 1. The van der Waals surface area contributed by atoms with Gasteiger partial charge in [-0.15, -0.1) is 0 Å². The molecule has 1 heteroatoms. The zero-order chi connectivity index (χ0) is 10.7. The molecule has 0 aliphatic heterocycles. The van der Waals surface area contributed by atoms with E-state index in [0.717, 1.165) is 5.75 Å². The average Bonchev–Trinajstić information content (AvgIpc) is 2.24. The summed E-state index contributed by atoms with van der Waals surface area (Å²) in [6.07, 6.45) is 0. The van der Waals surface area contributed by atoms with Gasteiger partial charge in [-0.2, -0.15) is 0 Å². The van der Waals surface area contributed by atoms with Crippen molar-refractivity contribution in [3.05, 3.63) is 29.8 Å². The minimum absolute atomic E-state index is 0. The van der Waals surface area contributed by atoms with Crippen molar-refractivity contribution in [2.75, 3.05) is 7.11 Å². The Morgan fingerprint density at radius 1 is 1.56 bits per heavy atom. The fourth-order valence-corrected chi connectivity index (χ4v) is 0.742. The predicted octanol–water partition coefficient (Wildman–Crippen LogP) is 2.74. The lowest BCUT2D eigenvalue weighted by molar-refractivity contribution is 0.414. The maximum atomic E-state index is 5.00. The van der Waals surface area contributed by atoms with Crippen LogP contribution in [0.5, 0.6) is 5.75 Å². The summed E-state index contributed by atoms with van der Waals surface area (Å²) in [5.41, 5.74) is 1.23. The van der Waals surface area contributed by atoms with Crippen molar-refractivity contribution in [1.82, 2.24) is 0 Å². The summed E-state index contributed by atoms with van der Waals surface area (Å²) < 4.78 is 25.0. The Morgan fingerprint density at radius 2 is 2.33 bits per heavy atom. The van der Waals surface area contributed by atoms with Gasteiger partial charge in [0.15, 0.2) is 0 Å². The van der Waals surface area contributed by atoms with Gasteiger partial charge in [-0.05, 0) is 24.6 Å². The van der Waals surface area contributed by atoms with Crippen LogP contribution in [0.15, 0.2) is 24.3 Å². The van der Waals surface area contributed by atoms with Gasteiger partial charge in [0, 0.05) is 7.37 Å². The van der Waals surface area contributed by atoms with E-state index in [0.29, 0.717) is 0 Å². The van der Waals surface area contributed by atoms with E-state index < -0.39 is 0 Å². The highest BCUT2D eigenvalue weighted by atomic mass is 16.5. The SMILES string of the molecule is COc1cccc(C)c1.[2HH].[2H][2H].[2H][2H]. The molecule has 9 heavy (non-hydrogen) atoms. The maximum absolute atomic E-state index is 5.00. The van der Waals surface area contributed by atoms with E-state index in [-0.39, 0.29) is 1.43 Å². The minimum Gasteiger partial charge on any atom is -0.497 e. The zero-order valence-corrected chi connectivity index (χ0v) is 5.72. The molecular formula is C8H16O. The molecule has 0 saturated carbocycles. The molecular weight excluding hydrogens is 112 g/mol. The van der Waals surface area contributed by atoms with Gasteiger partial charge >= 0.3 is 0 Å². The summed E-state index contributed by atoms with van der Waals surface area (Å²) in [5, 5.41) is 0. The highest BCUT2D eigenvalue weighted by molar-refractivity contribution is 5.27. The number of methoxy groups -OCH3 is 1. The van der Waals surface area contributed by atoms with Crippen molar-refractivity contribution in [3.63, 3.8) is 0 Å². The molecule has 0 spiro atoms. The molecule has 0 aliphatic rings. The van der Waals surface area contributed by atoms with Crippen LogP contribution in [-0.2, 0) is 0 Å². The Bertz CT molecular complexity index is 207. The average molecular weight is 133 g/mol. The predicted molar refractivity (Wildman–Crippen MR) is 44.1 cm³/mol. The van der Waals surface area contributed by atoms with E-state index in [9.17, 15) is 0 Å². The third-order valence-electron chi connectivity index (χ3n) is 1.23. The number of hydrogen-bond donors (Lipinski definition) is 0. The van der Waals surface area contributed by atoms with Crippen LogP contribution in [0.2, 0.25) is 0 Å². The molecule has 1 aromatic rings. The van der Waals surface area contributed by atoms with Gasteiger partial charge in [0.2, 0.25) is 0 Å². The van der Waals surface area contributed by atoms with Gasteiger partial charge in [-0.3, -0.25) is 0 Å². The van der Waals surface area contributed by atoms with Crippen LogP contribution in [0, 0.1) is 6.92 Å². The van der Waals surface area contributed by atoms with Crippen LogP contribution in [0.1, 0.15) is 12.9 Å². The normalized spacial score (nSPS) is 10.9. The second-order valence-electron chi connectivity index (χ2n) is 2.02. The van der Waals surface area contributed by atoms with Gasteiger partial charge in [-0.25, -0.2) is 0 Å². The van der Waals surface area contributed by atoms with Crippen molar-refractivity contribution >= 4 is 0 Å². The Labute approximate surface area is 62.9 Å². The lowest BCUT2D eigenvalue weighted by Crippen LogP contribution is -1.81. The van der Waals surface area contributed by atoms with Crippen molar-refractivity contribution in [3.8, 4) is 5.75 Å². The van der Waals surface area contributed by atoms with Crippen molar-refractivity contribution in [2.45, 2.75) is 6.92 Å². The van der Waals surface area contributed by atoms with Crippen molar-refractivity contribution in [1.29, 1.82) is 0 Å². The van der Waals surface area contributed by atoms with E-state index in [1.165, 1.54) is 5.56 Å². The minimum atomic E-state index is 0. The van der Waals surface area contributed by atoms with Crippen LogP contribution in [0.4, 0.5) is 0 Å². The molecule has 0 atom stereocenters. The first-order chi connectivity index (χ1) is 6.33. The Morgan fingerprint density at radius 3 is 2.78 bits per heavy atom. The molecule has 1 rings (SSSR count). The largest absolute Gasteiger partial charge is 0.497 e. The fraction of sp³-hybridized carbons (Fsp3) is 0.250. The standard InChI is InChI=1S/C8H10O.3H2/c1-7-4-3-5-8(6-7)9-2;;;/h3-6H,1-2H3;3*1H/i;2*1+1D;1+1. The topological polar surface area (TPSA) is 9.23 Å². The summed E-state index contributed by atoms with van der Waals surface area (Å²) in [4.78, 5) is 0. The summed E-state index contributed by atoms with van der Waals surface area (Å²) in [7, 11) is 1.68. The summed E-state index contributed by atoms with van der Waals surface area (Å²) in [6, 6.07) is 7.96. The molecule has 0 fully saturated rings. The lowest BCUT2D eigenvalue weighted by Gasteiger charge is -1.97. The molecule has 54 valence electrons. The number of aryl methyl sites for hydroxylation is 1. The first kappa shape index (κ1) is 3.94. The first-order valence-electron chi connectivity index (χ1n) is 4.93. The van der Waals surface area contributed by atoms with E-state index in [1.807, 2.05) is 31.2 Å². The molecule has 0 aromatic heterocycles. The van der Waals surface area contributed by atoms with Crippen LogP contribution in [0.3, 0.4) is 0 Å². The summed E-state index contributed by atoms with van der Waals surface area (Å²) in [6.45, 7) is 2.04. The number of benzene rings is 1. The van der Waals surface area contributed by atoms with Gasteiger partial charge < -0.3 is 4.74 Å². The third-order valence-corrected chi connectivity index (χ3v) is 1.23. The lowest BCUT2D eigenvalue weighted by atomic mass is 10.2. The van der Waals surface area contributed by atoms with E-state index in [2.05, 4.69) is 0 Å². The molecule has 0 N–H and O–H groups in total. The number of ether oxygens (including phenoxy) is 1. The second-order valence-corrected chi connectivity index (χ2v) is 2.02. The third kappa shape index (κ3) is 1.46. The zero-order valence-electron chi connectivity index (χ0n) is 9.72. The molecule has 0 heterocycles. The highest BCUT2D eigenvalue weighted by Crippen LogP contribution is 2.10. The van der Waals surface area contributed by atoms with Crippen molar-refractivity contribution in [2.24, 2.45) is 0 Å². The van der Waals surface area contributed by atoms with Crippen LogP contribution in [0.25, 0.3) is 0 Å². The molecule has 0 aliphatic carbocycles. The quantitative estimate of drug-likeness (QED) is 0.572. The highest BCUT2D eigenvalue weighted by Gasteiger charge is 1.86. The van der Waals surface area contributed by atoms with E-state index in [1.54, 1.807) is 7.11 Å². The molecule has 1 aromatic carbocycles. The van der Waals surface area contributed by atoms with Gasteiger partial charge in [-0.1, -0.05) is 12.1 Å². The maximum Gasteiger partial charge on any atom is 0.119 e. The molecule has 0 amide bonds. The molecule has 0 unspecified atom stereocenters. The Hall–Kier alpha value is -0.980. The molecule has 0 saturated heterocycles. The smallest absolute Gasteiger partial charge is 0.119 e. The molecule has 0 bridgehead atoms. The van der Waals surface area contributed by atoms with Crippen molar-refractivity contribution < 1.29 is 12.1 Å². The number of rotatable bonds is 1. The van der Waals surface area contributed by atoms with Crippen LogP contribution in [-0.4, -0.2) is 7.11 Å². The Balaban J connectivity index is -0.000000216. The molecule has 1 nitrogen and oxygen atoms in total. The van der Waals surface area contributed by atoms with Crippen LogP contribution < -0.4 is 4.74 Å². The molecule has 0 radical (unpaired) electrons. The first-order valence-corrected chi connectivity index (χ1v) is 2.93. The van der Waals surface area contributed by atoms with E-state index >= 15 is 0 Å². The summed E-state index contributed by atoms with van der Waals surface area (Å²) >= 11 is 0. The Kier molecular flexibility index (Phi) is 1.11. The van der Waals surface area contributed by atoms with Gasteiger partial charge in [0.1, 0.15) is 5.75 Å². The fourth-order valence-electron chi connectivity index (χ4n) is 0.742. The van der Waals surface area contributed by atoms with Crippen LogP contribution >= 0.6 is 0 Å². The summed E-state index contributed by atoms with van der Waals surface area (Å²) in [5.74, 6) is 0.926. The van der Waals surface area contributed by atoms with Gasteiger partial charge in [0.25, 0.3) is 0 Å². The second kappa shape index (κ2) is 2.53. The van der Waals surface area contributed by atoms with Gasteiger partial charge in [0.05, 0.1) is 7.11 Å². The monoisotopic (exact) mass is 133 g/mol.